The Morgan fingerprint density at radius 2 is 2.38 bits per heavy atom. The normalized spacial score (nSPS) is 10.5. The van der Waals surface area contributed by atoms with Crippen LogP contribution < -0.4 is 0 Å². The summed E-state index contributed by atoms with van der Waals surface area (Å²) in [5.41, 5.74) is 2.09. The molecular formula is C9H7ClN2S. The van der Waals surface area contributed by atoms with E-state index < -0.39 is 0 Å². The molecule has 0 spiro atoms. The van der Waals surface area contributed by atoms with Crippen molar-refractivity contribution in [1.29, 1.82) is 0 Å². The van der Waals surface area contributed by atoms with E-state index in [0.29, 0.717) is 11.0 Å². The van der Waals surface area contributed by atoms with E-state index in [0.717, 1.165) is 15.8 Å². The van der Waals surface area contributed by atoms with Crippen LogP contribution >= 0.6 is 22.9 Å². The van der Waals surface area contributed by atoms with Crippen molar-refractivity contribution in [3.8, 4) is 0 Å². The highest BCUT2D eigenvalue weighted by molar-refractivity contribution is 7.22. The topological polar surface area (TPSA) is 25.2 Å². The lowest BCUT2D eigenvalue weighted by Crippen LogP contribution is -1.78. The summed E-state index contributed by atoms with van der Waals surface area (Å²) in [6.07, 6.45) is 0. The standard InChI is InChI=1S/C9H7ClN2S/c1-11-5-6-2-3-7-8(4-6)13-9(10)12-7/h2-4H,1,5H2. The van der Waals surface area contributed by atoms with E-state index >= 15 is 0 Å². The third kappa shape index (κ3) is 1.71. The number of halogens is 1. The van der Waals surface area contributed by atoms with Gasteiger partial charge in [0.05, 0.1) is 16.8 Å². The first kappa shape index (κ1) is 8.66. The molecule has 1 aromatic carbocycles. The van der Waals surface area contributed by atoms with Crippen molar-refractivity contribution >= 4 is 39.9 Å². The Bertz CT molecular complexity index is 450. The van der Waals surface area contributed by atoms with Crippen molar-refractivity contribution in [3.05, 3.63) is 28.2 Å². The monoisotopic (exact) mass is 210 g/mol. The van der Waals surface area contributed by atoms with Crippen LogP contribution in [0.1, 0.15) is 5.56 Å². The van der Waals surface area contributed by atoms with Gasteiger partial charge in [-0.3, -0.25) is 4.99 Å². The highest BCUT2D eigenvalue weighted by atomic mass is 35.5. The van der Waals surface area contributed by atoms with E-state index in [1.165, 1.54) is 11.3 Å². The minimum atomic E-state index is 0.582. The molecule has 1 aromatic heterocycles. The van der Waals surface area contributed by atoms with Crippen molar-refractivity contribution in [2.75, 3.05) is 0 Å². The number of nitrogens with zero attached hydrogens (tertiary/aromatic N) is 2. The number of aromatic nitrogens is 1. The van der Waals surface area contributed by atoms with E-state index in [2.05, 4.69) is 16.7 Å². The molecule has 0 amide bonds. The van der Waals surface area contributed by atoms with Gasteiger partial charge in [0.25, 0.3) is 0 Å². The Hall–Kier alpha value is -0.930. The summed E-state index contributed by atoms with van der Waals surface area (Å²) in [6.45, 7) is 4.10. The van der Waals surface area contributed by atoms with Crippen molar-refractivity contribution < 1.29 is 0 Å². The van der Waals surface area contributed by atoms with Crippen molar-refractivity contribution in [1.82, 2.24) is 4.98 Å². The van der Waals surface area contributed by atoms with E-state index in [4.69, 9.17) is 11.6 Å². The maximum absolute atomic E-state index is 5.78. The minimum absolute atomic E-state index is 0.582. The molecule has 1 heterocycles. The van der Waals surface area contributed by atoms with Crippen LogP contribution in [0.4, 0.5) is 0 Å². The van der Waals surface area contributed by atoms with Crippen LogP contribution in [0.15, 0.2) is 23.2 Å². The highest BCUT2D eigenvalue weighted by Gasteiger charge is 2.01. The first-order valence-electron chi connectivity index (χ1n) is 3.77. The third-order valence-electron chi connectivity index (χ3n) is 1.72. The van der Waals surface area contributed by atoms with Crippen LogP contribution in [0.3, 0.4) is 0 Å². The Morgan fingerprint density at radius 1 is 1.54 bits per heavy atom. The summed E-state index contributed by atoms with van der Waals surface area (Å²) in [4.78, 5) is 7.97. The molecule has 0 N–H and O–H groups in total. The molecule has 0 unspecified atom stereocenters. The van der Waals surface area contributed by atoms with Crippen LogP contribution in [0.25, 0.3) is 10.2 Å². The molecule has 2 aromatic rings. The maximum atomic E-state index is 5.78. The molecule has 0 atom stereocenters. The molecule has 0 aliphatic carbocycles. The number of aliphatic imine (C=N–C) groups is 1. The van der Waals surface area contributed by atoms with E-state index in [-0.39, 0.29) is 0 Å². The number of rotatable bonds is 2. The van der Waals surface area contributed by atoms with Gasteiger partial charge in [-0.25, -0.2) is 4.98 Å². The molecule has 0 fully saturated rings. The molecule has 2 rings (SSSR count). The lowest BCUT2D eigenvalue weighted by molar-refractivity contribution is 1.09. The molecule has 0 bridgehead atoms. The average molecular weight is 211 g/mol. The second-order valence-corrected chi connectivity index (χ2v) is 4.26. The quantitative estimate of drug-likeness (QED) is 0.699. The summed E-state index contributed by atoms with van der Waals surface area (Å²) >= 11 is 7.27. The van der Waals surface area contributed by atoms with Gasteiger partial charge in [-0.15, -0.1) is 11.3 Å². The molecule has 13 heavy (non-hydrogen) atoms. The van der Waals surface area contributed by atoms with E-state index in [1.807, 2.05) is 18.2 Å². The SMILES string of the molecule is C=NCc1ccc2nc(Cl)sc2c1. The summed E-state index contributed by atoms with van der Waals surface area (Å²) in [7, 11) is 0. The number of fused-ring (bicyclic) bond motifs is 1. The molecule has 0 aliphatic heterocycles. The fourth-order valence-corrected chi connectivity index (χ4v) is 2.26. The van der Waals surface area contributed by atoms with Gasteiger partial charge in [0.1, 0.15) is 0 Å². The first-order valence-corrected chi connectivity index (χ1v) is 4.96. The summed E-state index contributed by atoms with van der Waals surface area (Å²) < 4.78 is 1.69. The average Bonchev–Trinajstić information content (AvgIpc) is 2.44. The predicted molar refractivity (Wildman–Crippen MR) is 57.9 cm³/mol. The van der Waals surface area contributed by atoms with Crippen molar-refractivity contribution in [2.45, 2.75) is 6.54 Å². The molecule has 0 radical (unpaired) electrons. The summed E-state index contributed by atoms with van der Waals surface area (Å²) in [6, 6.07) is 6.00. The fraction of sp³-hybridized carbons (Fsp3) is 0.111. The Kier molecular flexibility index (Phi) is 2.29. The zero-order valence-corrected chi connectivity index (χ0v) is 8.40. The van der Waals surface area contributed by atoms with Gasteiger partial charge < -0.3 is 0 Å². The molecule has 0 saturated carbocycles. The van der Waals surface area contributed by atoms with Crippen LogP contribution in [0.2, 0.25) is 4.47 Å². The predicted octanol–water partition coefficient (Wildman–Crippen LogP) is 3.15. The van der Waals surface area contributed by atoms with Gasteiger partial charge in [0, 0.05) is 0 Å². The van der Waals surface area contributed by atoms with Gasteiger partial charge in [0.2, 0.25) is 0 Å². The first-order chi connectivity index (χ1) is 6.29. The number of hydrogen-bond donors (Lipinski definition) is 0. The molecule has 2 nitrogen and oxygen atoms in total. The summed E-state index contributed by atoms with van der Waals surface area (Å²) in [5, 5.41) is 0. The van der Waals surface area contributed by atoms with Gasteiger partial charge in [-0.2, -0.15) is 0 Å². The van der Waals surface area contributed by atoms with Crippen LogP contribution in [-0.2, 0) is 6.54 Å². The lowest BCUT2D eigenvalue weighted by Gasteiger charge is -1.94. The fourth-order valence-electron chi connectivity index (χ4n) is 1.17. The van der Waals surface area contributed by atoms with Crippen LogP contribution in [-0.4, -0.2) is 11.7 Å². The lowest BCUT2D eigenvalue weighted by atomic mass is 10.2. The molecule has 0 saturated heterocycles. The Labute approximate surface area is 84.9 Å². The molecular weight excluding hydrogens is 204 g/mol. The number of thiazole rings is 1. The molecule has 0 aliphatic rings. The van der Waals surface area contributed by atoms with Gasteiger partial charge in [-0.1, -0.05) is 17.7 Å². The second kappa shape index (κ2) is 3.44. The van der Waals surface area contributed by atoms with Gasteiger partial charge >= 0.3 is 0 Å². The highest BCUT2D eigenvalue weighted by Crippen LogP contribution is 2.26. The molecule has 66 valence electrons. The van der Waals surface area contributed by atoms with E-state index in [1.54, 1.807) is 0 Å². The number of benzene rings is 1. The Balaban J connectivity index is 2.54. The van der Waals surface area contributed by atoms with Gasteiger partial charge in [0.15, 0.2) is 4.47 Å². The minimum Gasteiger partial charge on any atom is -0.296 e. The van der Waals surface area contributed by atoms with Crippen LogP contribution in [0, 0.1) is 0 Å². The smallest absolute Gasteiger partial charge is 0.184 e. The van der Waals surface area contributed by atoms with Gasteiger partial charge in [-0.05, 0) is 24.4 Å². The number of hydrogen-bond acceptors (Lipinski definition) is 3. The van der Waals surface area contributed by atoms with Crippen LogP contribution in [0.5, 0.6) is 0 Å². The third-order valence-corrected chi connectivity index (χ3v) is 2.84. The maximum Gasteiger partial charge on any atom is 0.184 e. The molecule has 4 heteroatoms. The zero-order chi connectivity index (χ0) is 9.26. The van der Waals surface area contributed by atoms with Crippen molar-refractivity contribution in [3.63, 3.8) is 0 Å². The Morgan fingerprint density at radius 3 is 3.15 bits per heavy atom. The largest absolute Gasteiger partial charge is 0.296 e. The van der Waals surface area contributed by atoms with Crippen molar-refractivity contribution in [2.24, 2.45) is 4.99 Å². The van der Waals surface area contributed by atoms with E-state index in [9.17, 15) is 0 Å². The zero-order valence-electron chi connectivity index (χ0n) is 6.83. The second-order valence-electron chi connectivity index (χ2n) is 2.65. The summed E-state index contributed by atoms with van der Waals surface area (Å²) in [5.74, 6) is 0.